The number of hydrogen-bond acceptors (Lipinski definition) is 4. The summed E-state index contributed by atoms with van der Waals surface area (Å²) in [6, 6.07) is 25.6. The lowest BCUT2D eigenvalue weighted by molar-refractivity contribution is 1.29. The molecule has 0 radical (unpaired) electrons. The first-order valence-corrected chi connectivity index (χ1v) is 10.1. The number of rotatable bonds is 5. The molecule has 1 N–H and O–H groups in total. The Labute approximate surface area is 177 Å². The maximum atomic E-state index is 6.18. The molecule has 0 saturated heterocycles. The number of aromatic nitrogens is 1. The van der Waals surface area contributed by atoms with Gasteiger partial charge in [0.25, 0.3) is 0 Å². The van der Waals surface area contributed by atoms with Gasteiger partial charge < -0.3 is 0 Å². The Balaban J connectivity index is 1.65. The summed E-state index contributed by atoms with van der Waals surface area (Å²) in [5.74, 6) is 0. The van der Waals surface area contributed by atoms with Crippen LogP contribution in [-0.2, 0) is 0 Å². The molecular weight excluding hydrogens is 409 g/mol. The van der Waals surface area contributed by atoms with Crippen LogP contribution in [0.15, 0.2) is 84.0 Å². The highest BCUT2D eigenvalue weighted by Gasteiger charge is 2.14. The Morgan fingerprint density at radius 1 is 0.857 bits per heavy atom. The summed E-state index contributed by atoms with van der Waals surface area (Å²) in [4.78, 5) is 5.86. The van der Waals surface area contributed by atoms with Crippen molar-refractivity contribution in [3.63, 3.8) is 0 Å². The average Bonchev–Trinajstić information content (AvgIpc) is 3.15. The lowest BCUT2D eigenvalue weighted by Gasteiger charge is -2.02. The predicted octanol–water partition coefficient (Wildman–Crippen LogP) is 7.23. The van der Waals surface area contributed by atoms with Gasteiger partial charge in [0.05, 0.1) is 21.8 Å². The van der Waals surface area contributed by atoms with Crippen molar-refractivity contribution in [3.8, 4) is 21.7 Å². The van der Waals surface area contributed by atoms with Crippen molar-refractivity contribution in [2.24, 2.45) is 5.10 Å². The Hall–Kier alpha value is -2.66. The van der Waals surface area contributed by atoms with E-state index in [2.05, 4.69) is 34.8 Å². The molecule has 0 aliphatic rings. The van der Waals surface area contributed by atoms with E-state index < -0.39 is 0 Å². The molecule has 4 aromatic rings. The smallest absolute Gasteiger partial charge is 0.204 e. The van der Waals surface area contributed by atoms with Gasteiger partial charge in [0.1, 0.15) is 0 Å². The van der Waals surface area contributed by atoms with Crippen molar-refractivity contribution >= 4 is 45.9 Å². The van der Waals surface area contributed by atoms with Crippen molar-refractivity contribution in [3.05, 3.63) is 94.5 Å². The Morgan fingerprint density at radius 3 is 2.21 bits per heavy atom. The number of halogens is 2. The van der Waals surface area contributed by atoms with E-state index in [0.717, 1.165) is 27.3 Å². The van der Waals surface area contributed by atoms with Gasteiger partial charge in [-0.1, -0.05) is 101 Å². The minimum absolute atomic E-state index is 0.548. The maximum Gasteiger partial charge on any atom is 0.204 e. The fraction of sp³-hybridized carbons (Fsp3) is 0. The monoisotopic (exact) mass is 423 g/mol. The molecule has 28 heavy (non-hydrogen) atoms. The van der Waals surface area contributed by atoms with Crippen molar-refractivity contribution < 1.29 is 0 Å². The molecule has 0 saturated carbocycles. The predicted molar refractivity (Wildman–Crippen MR) is 121 cm³/mol. The van der Waals surface area contributed by atoms with E-state index in [9.17, 15) is 0 Å². The molecule has 0 spiro atoms. The quantitative estimate of drug-likeness (QED) is 0.271. The first-order valence-electron chi connectivity index (χ1n) is 8.56. The van der Waals surface area contributed by atoms with Crippen molar-refractivity contribution in [2.75, 3.05) is 5.43 Å². The van der Waals surface area contributed by atoms with Crippen LogP contribution in [0.25, 0.3) is 21.7 Å². The molecule has 0 fully saturated rings. The zero-order valence-corrected chi connectivity index (χ0v) is 17.0. The summed E-state index contributed by atoms with van der Waals surface area (Å²) in [6.45, 7) is 0. The third-order valence-electron chi connectivity index (χ3n) is 4.04. The second kappa shape index (κ2) is 8.57. The number of hydrogen-bond donors (Lipinski definition) is 1. The number of hydrazone groups is 1. The maximum absolute atomic E-state index is 6.18. The third kappa shape index (κ3) is 4.25. The van der Waals surface area contributed by atoms with E-state index in [1.165, 1.54) is 0 Å². The molecule has 3 nitrogen and oxygen atoms in total. The number of thiazole rings is 1. The molecule has 3 aromatic carbocycles. The largest absolute Gasteiger partial charge is 0.253 e. The van der Waals surface area contributed by atoms with E-state index in [0.29, 0.717) is 15.2 Å². The highest BCUT2D eigenvalue weighted by molar-refractivity contribution is 7.19. The van der Waals surface area contributed by atoms with Crippen LogP contribution in [-0.4, -0.2) is 11.2 Å². The first-order chi connectivity index (χ1) is 13.7. The zero-order chi connectivity index (χ0) is 19.3. The van der Waals surface area contributed by atoms with E-state index in [-0.39, 0.29) is 0 Å². The standard InChI is InChI=1S/C22H15Cl2N3S/c23-18-12-11-17(19(24)13-18)14-25-27-22-26-20(15-7-3-1-4-8-15)21(28-22)16-9-5-2-6-10-16/h1-14H,(H,26,27)/b25-14-. The molecule has 6 heteroatoms. The molecule has 0 bridgehead atoms. The Kier molecular flexibility index (Phi) is 5.72. The molecule has 4 rings (SSSR count). The van der Waals surface area contributed by atoms with Crippen LogP contribution in [0.3, 0.4) is 0 Å². The molecule has 1 heterocycles. The molecule has 0 unspecified atom stereocenters. The van der Waals surface area contributed by atoms with Gasteiger partial charge in [-0.05, 0) is 17.7 Å². The molecule has 0 aliphatic heterocycles. The second-order valence-electron chi connectivity index (χ2n) is 5.96. The fourth-order valence-corrected chi connectivity index (χ4v) is 4.11. The highest BCUT2D eigenvalue weighted by atomic mass is 35.5. The molecular formula is C22H15Cl2N3S. The summed E-state index contributed by atoms with van der Waals surface area (Å²) in [6.07, 6.45) is 1.66. The topological polar surface area (TPSA) is 37.3 Å². The minimum Gasteiger partial charge on any atom is -0.253 e. The summed E-state index contributed by atoms with van der Waals surface area (Å²) >= 11 is 13.7. The molecule has 0 atom stereocenters. The van der Waals surface area contributed by atoms with Gasteiger partial charge in [-0.2, -0.15) is 5.10 Å². The van der Waals surface area contributed by atoms with E-state index >= 15 is 0 Å². The van der Waals surface area contributed by atoms with Crippen molar-refractivity contribution in [2.45, 2.75) is 0 Å². The molecule has 0 amide bonds. The van der Waals surface area contributed by atoms with Gasteiger partial charge in [-0.15, -0.1) is 0 Å². The average molecular weight is 424 g/mol. The zero-order valence-electron chi connectivity index (χ0n) is 14.6. The van der Waals surface area contributed by atoms with Crippen LogP contribution in [0.4, 0.5) is 5.13 Å². The Morgan fingerprint density at radius 2 is 1.54 bits per heavy atom. The van der Waals surface area contributed by atoms with Crippen molar-refractivity contribution in [1.29, 1.82) is 0 Å². The van der Waals surface area contributed by atoms with E-state index in [4.69, 9.17) is 28.2 Å². The van der Waals surface area contributed by atoms with Crippen LogP contribution < -0.4 is 5.43 Å². The third-order valence-corrected chi connectivity index (χ3v) is 5.61. The normalized spacial score (nSPS) is 11.1. The van der Waals surface area contributed by atoms with Crippen LogP contribution in [0, 0.1) is 0 Å². The number of anilines is 1. The number of nitrogens with one attached hydrogen (secondary N) is 1. The highest BCUT2D eigenvalue weighted by Crippen LogP contribution is 2.38. The van der Waals surface area contributed by atoms with Crippen molar-refractivity contribution in [1.82, 2.24) is 4.98 Å². The van der Waals surface area contributed by atoms with Crippen LogP contribution in [0.2, 0.25) is 10.0 Å². The van der Waals surface area contributed by atoms with Crippen LogP contribution in [0.5, 0.6) is 0 Å². The van der Waals surface area contributed by atoms with Gasteiger partial charge >= 0.3 is 0 Å². The molecule has 1 aromatic heterocycles. The molecule has 0 aliphatic carbocycles. The summed E-state index contributed by atoms with van der Waals surface area (Å²) in [5.41, 5.74) is 6.92. The summed E-state index contributed by atoms with van der Waals surface area (Å²) in [5, 5.41) is 6.14. The fourth-order valence-electron chi connectivity index (χ4n) is 2.71. The second-order valence-corrected chi connectivity index (χ2v) is 7.81. The van der Waals surface area contributed by atoms with Crippen LogP contribution >= 0.6 is 34.5 Å². The lowest BCUT2D eigenvalue weighted by atomic mass is 10.1. The Bertz CT molecular complexity index is 1050. The van der Waals surface area contributed by atoms with Crippen LogP contribution in [0.1, 0.15) is 5.56 Å². The van der Waals surface area contributed by atoms with E-state index in [1.807, 2.05) is 42.5 Å². The SMILES string of the molecule is Clc1ccc(/C=N\Nc2nc(-c3ccccc3)c(-c3ccccc3)s2)c(Cl)c1. The van der Waals surface area contributed by atoms with Gasteiger partial charge in [0.15, 0.2) is 0 Å². The summed E-state index contributed by atoms with van der Waals surface area (Å²) in [7, 11) is 0. The van der Waals surface area contributed by atoms with Gasteiger partial charge in [0, 0.05) is 16.1 Å². The molecule has 138 valence electrons. The van der Waals surface area contributed by atoms with Gasteiger partial charge in [0.2, 0.25) is 5.13 Å². The first kappa shape index (κ1) is 18.7. The minimum atomic E-state index is 0.548. The van der Waals surface area contributed by atoms with E-state index in [1.54, 1.807) is 29.7 Å². The van der Waals surface area contributed by atoms with Gasteiger partial charge in [-0.3, -0.25) is 5.43 Å². The number of nitrogens with zero attached hydrogens (tertiary/aromatic N) is 2. The summed E-state index contributed by atoms with van der Waals surface area (Å²) < 4.78 is 0. The number of benzene rings is 3. The lowest BCUT2D eigenvalue weighted by Crippen LogP contribution is -1.91. The van der Waals surface area contributed by atoms with Gasteiger partial charge in [-0.25, -0.2) is 4.98 Å².